The van der Waals surface area contributed by atoms with Crippen molar-refractivity contribution in [1.29, 1.82) is 0 Å². The van der Waals surface area contributed by atoms with Crippen molar-refractivity contribution >= 4 is 5.97 Å². The number of carbonyl (C=O) groups excluding carboxylic acids is 1. The summed E-state index contributed by atoms with van der Waals surface area (Å²) in [7, 11) is 1.28. The number of aliphatic hydroxyl groups excluding tert-OH is 4. The van der Waals surface area contributed by atoms with E-state index < -0.39 is 67.9 Å². The number of ether oxygens (including phenoxy) is 6. The van der Waals surface area contributed by atoms with Crippen molar-refractivity contribution < 1.29 is 53.6 Å². The summed E-state index contributed by atoms with van der Waals surface area (Å²) in [5.74, 6) is -1.39. The van der Waals surface area contributed by atoms with Crippen LogP contribution in [0.25, 0.3) is 0 Å². The van der Waals surface area contributed by atoms with Crippen LogP contribution in [0.15, 0.2) is 11.8 Å². The number of carbonyl (C=O) groups is 1. The Hall–Kier alpha value is -1.31. The van der Waals surface area contributed by atoms with Gasteiger partial charge >= 0.3 is 5.97 Å². The van der Waals surface area contributed by atoms with E-state index in [1.807, 2.05) is 0 Å². The number of unbranched alkanes of at least 4 members (excludes halogenated alkanes) is 1. The molecule has 11 nitrogen and oxygen atoms in total. The van der Waals surface area contributed by atoms with Crippen LogP contribution < -0.4 is 0 Å². The average Bonchev–Trinajstić information content (AvgIpc) is 2.79. The molecule has 4 N–H and O–H groups in total. The van der Waals surface area contributed by atoms with Gasteiger partial charge in [-0.15, -0.1) is 0 Å². The average molecular weight is 462 g/mol. The second-order valence-electron chi connectivity index (χ2n) is 8.32. The molecule has 0 amide bonds. The van der Waals surface area contributed by atoms with Crippen LogP contribution in [0.5, 0.6) is 0 Å². The number of esters is 1. The van der Waals surface area contributed by atoms with Gasteiger partial charge in [-0.1, -0.05) is 13.3 Å². The Labute approximate surface area is 186 Å². The van der Waals surface area contributed by atoms with Gasteiger partial charge in [0.25, 0.3) is 0 Å². The fraction of sp³-hybridized carbons (Fsp3) is 0.857. The summed E-state index contributed by atoms with van der Waals surface area (Å²) in [4.78, 5) is 12.4. The Balaban J connectivity index is 1.78. The Bertz CT molecular complexity index is 654. The molecule has 0 saturated carbocycles. The molecule has 0 aromatic carbocycles. The van der Waals surface area contributed by atoms with Crippen LogP contribution in [-0.4, -0.2) is 96.1 Å². The lowest BCUT2D eigenvalue weighted by molar-refractivity contribution is -0.353. The predicted octanol–water partition coefficient (Wildman–Crippen LogP) is -0.600. The van der Waals surface area contributed by atoms with E-state index in [1.165, 1.54) is 13.4 Å². The van der Waals surface area contributed by atoms with Gasteiger partial charge in [0.05, 0.1) is 37.6 Å². The lowest BCUT2D eigenvalue weighted by Crippen LogP contribution is -2.61. The van der Waals surface area contributed by atoms with E-state index in [-0.39, 0.29) is 5.92 Å². The third-order valence-electron chi connectivity index (χ3n) is 6.20. The van der Waals surface area contributed by atoms with Gasteiger partial charge in [0, 0.05) is 18.9 Å². The van der Waals surface area contributed by atoms with Crippen molar-refractivity contribution in [3.63, 3.8) is 0 Å². The van der Waals surface area contributed by atoms with Crippen LogP contribution in [0.1, 0.15) is 33.1 Å². The zero-order valence-electron chi connectivity index (χ0n) is 18.5. The Kier molecular flexibility index (Phi) is 8.87. The van der Waals surface area contributed by atoms with Gasteiger partial charge in [-0.3, -0.25) is 0 Å². The first-order chi connectivity index (χ1) is 15.3. The summed E-state index contributed by atoms with van der Waals surface area (Å²) in [5.41, 5.74) is 0.324. The van der Waals surface area contributed by atoms with Crippen molar-refractivity contribution in [2.24, 2.45) is 11.8 Å². The van der Waals surface area contributed by atoms with Crippen molar-refractivity contribution in [3.05, 3.63) is 11.8 Å². The molecule has 0 bridgehead atoms. The van der Waals surface area contributed by atoms with Crippen LogP contribution in [0.3, 0.4) is 0 Å². The highest BCUT2D eigenvalue weighted by atomic mass is 16.8. The van der Waals surface area contributed by atoms with E-state index >= 15 is 0 Å². The van der Waals surface area contributed by atoms with E-state index in [0.717, 1.165) is 12.8 Å². The van der Waals surface area contributed by atoms with Gasteiger partial charge in [-0.05, 0) is 13.3 Å². The second-order valence-corrected chi connectivity index (χ2v) is 8.32. The number of methoxy groups -OCH3 is 1. The Morgan fingerprint density at radius 3 is 2.56 bits per heavy atom. The molecule has 184 valence electrons. The topological polar surface area (TPSA) is 153 Å². The van der Waals surface area contributed by atoms with E-state index in [0.29, 0.717) is 18.6 Å². The SMILES string of the molecule is CCCCO[C@H]1CC2C(C(=O)OC)=CO[C@@H](O[C@@H]3O[C@H](CO)[C@@H](O)[C@H](O)[C@H]3O)C2[C@H](C)O1. The molecule has 0 aromatic heterocycles. The van der Waals surface area contributed by atoms with E-state index in [9.17, 15) is 25.2 Å². The van der Waals surface area contributed by atoms with Crippen LogP contribution in [0.4, 0.5) is 0 Å². The summed E-state index contributed by atoms with van der Waals surface area (Å²) >= 11 is 0. The van der Waals surface area contributed by atoms with Gasteiger partial charge in [0.2, 0.25) is 6.29 Å². The lowest BCUT2D eigenvalue weighted by Gasteiger charge is -2.47. The first kappa shape index (κ1) is 25.3. The fourth-order valence-electron chi connectivity index (χ4n) is 4.36. The standard InChI is InChI=1S/C21H34O11/c1-4-5-6-28-14-7-11-12(19(26)27-3)9-29-20(15(11)10(2)30-14)32-21-18(25)17(24)16(23)13(8-22)31-21/h9-11,13-18,20-25H,4-8H2,1-3H3/t10-,11?,13+,14+,15?,16+,17-,18+,20-,21-/m0/s1. The van der Waals surface area contributed by atoms with E-state index in [4.69, 9.17) is 28.4 Å². The molecular weight excluding hydrogens is 428 g/mol. The summed E-state index contributed by atoms with van der Waals surface area (Å²) in [6.45, 7) is 3.82. The molecule has 2 saturated heterocycles. The van der Waals surface area contributed by atoms with Crippen molar-refractivity contribution in [1.82, 2.24) is 0 Å². The smallest absolute Gasteiger partial charge is 0.337 e. The molecule has 3 aliphatic heterocycles. The summed E-state index contributed by atoms with van der Waals surface area (Å²) in [6, 6.07) is 0. The minimum Gasteiger partial charge on any atom is -0.471 e. The molecule has 0 spiro atoms. The molecule has 0 radical (unpaired) electrons. The molecule has 3 aliphatic rings. The fourth-order valence-corrected chi connectivity index (χ4v) is 4.36. The molecule has 3 heterocycles. The second kappa shape index (κ2) is 11.2. The molecule has 2 fully saturated rings. The number of aliphatic hydroxyl groups is 4. The van der Waals surface area contributed by atoms with Gasteiger partial charge in [-0.2, -0.15) is 0 Å². The van der Waals surface area contributed by atoms with Crippen LogP contribution in [-0.2, 0) is 33.2 Å². The summed E-state index contributed by atoms with van der Waals surface area (Å²) < 4.78 is 33.7. The highest BCUT2D eigenvalue weighted by molar-refractivity contribution is 5.88. The van der Waals surface area contributed by atoms with Crippen molar-refractivity contribution in [3.8, 4) is 0 Å². The number of fused-ring (bicyclic) bond motifs is 1. The van der Waals surface area contributed by atoms with Crippen LogP contribution in [0.2, 0.25) is 0 Å². The largest absolute Gasteiger partial charge is 0.471 e. The quantitative estimate of drug-likeness (QED) is 0.270. The number of rotatable bonds is 8. The third-order valence-corrected chi connectivity index (χ3v) is 6.20. The van der Waals surface area contributed by atoms with Crippen LogP contribution >= 0.6 is 0 Å². The summed E-state index contributed by atoms with van der Waals surface area (Å²) in [5, 5.41) is 39.7. The molecule has 2 unspecified atom stereocenters. The molecule has 32 heavy (non-hydrogen) atoms. The van der Waals surface area contributed by atoms with Gasteiger partial charge in [0.15, 0.2) is 12.6 Å². The van der Waals surface area contributed by atoms with Gasteiger partial charge in [0.1, 0.15) is 24.4 Å². The zero-order valence-corrected chi connectivity index (χ0v) is 18.5. The molecule has 10 atom stereocenters. The maximum Gasteiger partial charge on any atom is 0.337 e. The highest BCUT2D eigenvalue weighted by Crippen LogP contribution is 2.43. The number of hydrogen-bond acceptors (Lipinski definition) is 11. The molecule has 0 aromatic rings. The molecular formula is C21H34O11. The maximum absolute atomic E-state index is 12.4. The highest BCUT2D eigenvalue weighted by Gasteiger charge is 2.51. The van der Waals surface area contributed by atoms with Crippen LogP contribution in [0, 0.1) is 11.8 Å². The third kappa shape index (κ3) is 5.26. The minimum absolute atomic E-state index is 0.324. The minimum atomic E-state index is -1.58. The first-order valence-corrected chi connectivity index (χ1v) is 11.0. The maximum atomic E-state index is 12.4. The van der Waals surface area contributed by atoms with E-state index in [1.54, 1.807) is 6.92 Å². The Morgan fingerprint density at radius 2 is 1.91 bits per heavy atom. The molecule has 11 heteroatoms. The first-order valence-electron chi connectivity index (χ1n) is 11.0. The number of hydrogen-bond donors (Lipinski definition) is 4. The Morgan fingerprint density at radius 1 is 1.16 bits per heavy atom. The van der Waals surface area contributed by atoms with Gasteiger partial charge < -0.3 is 48.8 Å². The van der Waals surface area contributed by atoms with Crippen molar-refractivity contribution in [2.75, 3.05) is 20.3 Å². The summed E-state index contributed by atoms with van der Waals surface area (Å²) in [6.07, 6.45) is -5.63. The monoisotopic (exact) mass is 462 g/mol. The lowest BCUT2D eigenvalue weighted by atomic mass is 9.77. The zero-order chi connectivity index (χ0) is 23.4. The normalized spacial score (nSPS) is 41.9. The molecule has 3 rings (SSSR count). The van der Waals surface area contributed by atoms with Crippen molar-refractivity contribution in [2.45, 2.75) is 82.5 Å². The molecule has 0 aliphatic carbocycles. The predicted molar refractivity (Wildman–Crippen MR) is 107 cm³/mol. The van der Waals surface area contributed by atoms with Gasteiger partial charge in [-0.25, -0.2) is 4.79 Å². The van der Waals surface area contributed by atoms with E-state index in [2.05, 4.69) is 6.92 Å².